The van der Waals surface area contributed by atoms with Crippen LogP contribution in [0.15, 0.2) is 29.6 Å². The van der Waals surface area contributed by atoms with Crippen LogP contribution >= 0.6 is 11.3 Å². The molecule has 0 radical (unpaired) electrons. The van der Waals surface area contributed by atoms with E-state index in [1.165, 1.54) is 24.2 Å². The van der Waals surface area contributed by atoms with E-state index in [2.05, 4.69) is 27.5 Å². The SMILES string of the molecule is CC1CCN(Cc2csc(NC(=O)C3COc4ccccc4C3)n2)CC1. The molecule has 1 atom stereocenters. The molecule has 1 aromatic heterocycles. The maximum Gasteiger partial charge on any atom is 0.233 e. The van der Waals surface area contributed by atoms with Gasteiger partial charge in [0.2, 0.25) is 5.91 Å². The fourth-order valence-electron chi connectivity index (χ4n) is 3.59. The van der Waals surface area contributed by atoms with Gasteiger partial charge in [-0.25, -0.2) is 4.98 Å². The van der Waals surface area contributed by atoms with Gasteiger partial charge in [0.25, 0.3) is 0 Å². The number of piperidine rings is 1. The lowest BCUT2D eigenvalue weighted by molar-refractivity contribution is -0.121. The minimum atomic E-state index is -0.166. The Morgan fingerprint density at radius 3 is 3.00 bits per heavy atom. The predicted molar refractivity (Wildman–Crippen MR) is 104 cm³/mol. The number of anilines is 1. The molecule has 2 aliphatic rings. The molecular weight excluding hydrogens is 346 g/mol. The maximum atomic E-state index is 12.6. The van der Waals surface area contributed by atoms with Crippen molar-refractivity contribution in [1.29, 1.82) is 0 Å². The number of benzene rings is 1. The van der Waals surface area contributed by atoms with Gasteiger partial charge in [-0.3, -0.25) is 9.69 Å². The third-order valence-electron chi connectivity index (χ3n) is 5.29. The van der Waals surface area contributed by atoms with Crippen molar-refractivity contribution in [2.75, 3.05) is 25.0 Å². The van der Waals surface area contributed by atoms with Crippen LogP contribution in [0.3, 0.4) is 0 Å². The van der Waals surface area contributed by atoms with Crippen molar-refractivity contribution in [3.05, 3.63) is 40.9 Å². The largest absolute Gasteiger partial charge is 0.492 e. The molecule has 0 spiro atoms. The Morgan fingerprint density at radius 1 is 1.35 bits per heavy atom. The molecule has 5 nitrogen and oxygen atoms in total. The van der Waals surface area contributed by atoms with E-state index in [9.17, 15) is 4.79 Å². The molecule has 6 heteroatoms. The van der Waals surface area contributed by atoms with E-state index in [1.807, 2.05) is 24.3 Å². The highest BCUT2D eigenvalue weighted by Crippen LogP contribution is 2.28. The van der Waals surface area contributed by atoms with E-state index in [0.29, 0.717) is 18.2 Å². The van der Waals surface area contributed by atoms with E-state index in [4.69, 9.17) is 4.74 Å². The first-order chi connectivity index (χ1) is 12.7. The van der Waals surface area contributed by atoms with Crippen molar-refractivity contribution in [3.63, 3.8) is 0 Å². The van der Waals surface area contributed by atoms with Crippen molar-refractivity contribution in [3.8, 4) is 5.75 Å². The number of para-hydroxylation sites is 1. The normalized spacial score (nSPS) is 21.0. The molecule has 1 fully saturated rings. The Morgan fingerprint density at radius 2 is 2.15 bits per heavy atom. The van der Waals surface area contributed by atoms with Gasteiger partial charge in [0.15, 0.2) is 5.13 Å². The Bertz CT molecular complexity index is 768. The first-order valence-corrected chi connectivity index (χ1v) is 10.2. The van der Waals surface area contributed by atoms with Crippen LogP contribution in [0.2, 0.25) is 0 Å². The van der Waals surface area contributed by atoms with Gasteiger partial charge in [-0.15, -0.1) is 11.3 Å². The standard InChI is InChI=1S/C20H25N3O2S/c1-14-6-8-23(9-7-14)11-17-13-26-20(21-17)22-19(24)16-10-15-4-2-3-5-18(15)25-12-16/h2-5,13-14,16H,6-12H2,1H3,(H,21,22,24). The number of hydrogen-bond donors (Lipinski definition) is 1. The molecule has 1 N–H and O–H groups in total. The minimum absolute atomic E-state index is 0.00722. The highest BCUT2D eigenvalue weighted by atomic mass is 32.1. The summed E-state index contributed by atoms with van der Waals surface area (Å²) < 4.78 is 5.72. The van der Waals surface area contributed by atoms with Gasteiger partial charge in [-0.2, -0.15) is 0 Å². The fourth-order valence-corrected chi connectivity index (χ4v) is 4.29. The first kappa shape index (κ1) is 17.5. The lowest BCUT2D eigenvalue weighted by atomic mass is 9.96. The van der Waals surface area contributed by atoms with Crippen LogP contribution in [0.1, 0.15) is 31.0 Å². The second-order valence-corrected chi connectivity index (χ2v) is 8.27. The van der Waals surface area contributed by atoms with Gasteiger partial charge in [-0.05, 0) is 49.9 Å². The van der Waals surface area contributed by atoms with Crippen molar-refractivity contribution >= 4 is 22.4 Å². The quantitative estimate of drug-likeness (QED) is 0.893. The molecule has 2 aliphatic heterocycles. The lowest BCUT2D eigenvalue weighted by Gasteiger charge is -2.29. The van der Waals surface area contributed by atoms with Crippen LogP contribution in [-0.2, 0) is 17.8 Å². The summed E-state index contributed by atoms with van der Waals surface area (Å²) in [5.74, 6) is 1.55. The summed E-state index contributed by atoms with van der Waals surface area (Å²) in [7, 11) is 0. The molecule has 1 aromatic carbocycles. The number of fused-ring (bicyclic) bond motifs is 1. The van der Waals surface area contributed by atoms with E-state index < -0.39 is 0 Å². The number of carbonyl (C=O) groups is 1. The maximum absolute atomic E-state index is 12.6. The van der Waals surface area contributed by atoms with E-state index >= 15 is 0 Å². The zero-order valence-corrected chi connectivity index (χ0v) is 15.9. The van der Waals surface area contributed by atoms with Gasteiger partial charge >= 0.3 is 0 Å². The Kier molecular flexibility index (Phi) is 5.22. The minimum Gasteiger partial charge on any atom is -0.492 e. The summed E-state index contributed by atoms with van der Waals surface area (Å²) in [6.45, 7) is 5.89. The van der Waals surface area contributed by atoms with Crippen molar-refractivity contribution in [1.82, 2.24) is 9.88 Å². The average molecular weight is 372 g/mol. The smallest absolute Gasteiger partial charge is 0.233 e. The van der Waals surface area contributed by atoms with E-state index in [0.717, 1.165) is 42.6 Å². The molecular formula is C20H25N3O2S. The highest BCUT2D eigenvalue weighted by molar-refractivity contribution is 7.13. The van der Waals surface area contributed by atoms with Crippen molar-refractivity contribution in [2.24, 2.45) is 11.8 Å². The zero-order chi connectivity index (χ0) is 17.9. The molecule has 0 saturated carbocycles. The van der Waals surface area contributed by atoms with Crippen LogP contribution in [-0.4, -0.2) is 35.5 Å². The van der Waals surface area contributed by atoms with Crippen molar-refractivity contribution < 1.29 is 9.53 Å². The first-order valence-electron chi connectivity index (χ1n) is 9.35. The van der Waals surface area contributed by atoms with E-state index in [-0.39, 0.29) is 11.8 Å². The topological polar surface area (TPSA) is 54.5 Å². The number of thiazole rings is 1. The number of hydrogen-bond acceptors (Lipinski definition) is 5. The molecule has 4 rings (SSSR count). The lowest BCUT2D eigenvalue weighted by Crippen LogP contribution is -2.33. The molecule has 138 valence electrons. The monoisotopic (exact) mass is 371 g/mol. The number of amides is 1. The summed E-state index contributed by atoms with van der Waals surface area (Å²) in [5, 5.41) is 5.72. The van der Waals surface area contributed by atoms with Gasteiger partial charge in [0, 0.05) is 11.9 Å². The Hall–Kier alpha value is -1.92. The predicted octanol–water partition coefficient (Wildman–Crippen LogP) is 3.56. The molecule has 3 heterocycles. The number of likely N-dealkylation sites (tertiary alicyclic amines) is 1. The Labute approximate surface area is 158 Å². The molecule has 1 saturated heterocycles. The van der Waals surface area contributed by atoms with Gasteiger partial charge < -0.3 is 10.1 Å². The highest BCUT2D eigenvalue weighted by Gasteiger charge is 2.26. The second-order valence-electron chi connectivity index (χ2n) is 7.41. The van der Waals surface area contributed by atoms with Gasteiger partial charge in [-0.1, -0.05) is 25.1 Å². The van der Waals surface area contributed by atoms with Crippen LogP contribution in [0, 0.1) is 11.8 Å². The second kappa shape index (κ2) is 7.76. The summed E-state index contributed by atoms with van der Waals surface area (Å²) in [6, 6.07) is 7.92. The molecule has 26 heavy (non-hydrogen) atoms. The van der Waals surface area contributed by atoms with Gasteiger partial charge in [0.05, 0.1) is 11.6 Å². The third kappa shape index (κ3) is 4.07. The summed E-state index contributed by atoms with van der Waals surface area (Å²) >= 11 is 1.51. The van der Waals surface area contributed by atoms with Gasteiger partial charge in [0.1, 0.15) is 12.4 Å². The Balaban J connectivity index is 1.32. The third-order valence-corrected chi connectivity index (χ3v) is 6.10. The number of carbonyl (C=O) groups excluding carboxylic acids is 1. The van der Waals surface area contributed by atoms with Crippen LogP contribution < -0.4 is 10.1 Å². The number of aromatic nitrogens is 1. The molecule has 0 bridgehead atoms. The molecule has 1 amide bonds. The molecule has 0 aliphatic carbocycles. The molecule has 2 aromatic rings. The van der Waals surface area contributed by atoms with Crippen LogP contribution in [0.5, 0.6) is 5.75 Å². The van der Waals surface area contributed by atoms with Crippen LogP contribution in [0.4, 0.5) is 5.13 Å². The number of rotatable bonds is 4. The number of nitrogens with zero attached hydrogens (tertiary/aromatic N) is 2. The summed E-state index contributed by atoms with van der Waals surface area (Å²) in [6.07, 6.45) is 3.24. The number of nitrogens with one attached hydrogen (secondary N) is 1. The molecule has 1 unspecified atom stereocenters. The average Bonchev–Trinajstić information content (AvgIpc) is 3.10. The zero-order valence-electron chi connectivity index (χ0n) is 15.1. The van der Waals surface area contributed by atoms with Crippen molar-refractivity contribution in [2.45, 2.75) is 32.7 Å². The number of ether oxygens (including phenoxy) is 1. The summed E-state index contributed by atoms with van der Waals surface area (Å²) in [4.78, 5) is 19.6. The van der Waals surface area contributed by atoms with E-state index in [1.54, 1.807) is 0 Å². The van der Waals surface area contributed by atoms with Crippen LogP contribution in [0.25, 0.3) is 0 Å². The summed E-state index contributed by atoms with van der Waals surface area (Å²) in [5.41, 5.74) is 2.14. The fraction of sp³-hybridized carbons (Fsp3) is 0.500.